The first kappa shape index (κ1) is 10.4. The summed E-state index contributed by atoms with van der Waals surface area (Å²) in [5.74, 6) is 1.06. The number of hydrogen-bond acceptors (Lipinski definition) is 3. The Bertz CT molecular complexity index is 342. The Kier molecular flexibility index (Phi) is 2.65. The van der Waals surface area contributed by atoms with E-state index in [2.05, 4.69) is 29.8 Å². The van der Waals surface area contributed by atoms with Crippen LogP contribution in [0.15, 0.2) is 18.3 Å². The van der Waals surface area contributed by atoms with Gasteiger partial charge < -0.3 is 10.6 Å². The number of rotatable bonds is 3. The highest BCUT2D eigenvalue weighted by molar-refractivity contribution is 5.45. The number of aryl methyl sites for hydroxylation is 1. The third kappa shape index (κ3) is 2.12. The standard InChI is InChI=1S/C12H19N3/c1-3-5-12(13)8-15(9-12)11-7-10(2)4-6-14-11/h4,6-7H,3,5,8-9,13H2,1-2H3. The van der Waals surface area contributed by atoms with Gasteiger partial charge in [0.25, 0.3) is 0 Å². The second-order valence-corrected chi connectivity index (χ2v) is 4.66. The topological polar surface area (TPSA) is 42.1 Å². The Morgan fingerprint density at radius 2 is 2.27 bits per heavy atom. The van der Waals surface area contributed by atoms with Gasteiger partial charge in [-0.15, -0.1) is 0 Å². The fraction of sp³-hybridized carbons (Fsp3) is 0.583. The Labute approximate surface area is 91.3 Å². The highest BCUT2D eigenvalue weighted by Crippen LogP contribution is 2.27. The van der Waals surface area contributed by atoms with Crippen molar-refractivity contribution in [3.05, 3.63) is 23.9 Å². The van der Waals surface area contributed by atoms with Crippen molar-refractivity contribution in [2.75, 3.05) is 18.0 Å². The molecule has 2 rings (SSSR count). The smallest absolute Gasteiger partial charge is 0.128 e. The molecule has 0 spiro atoms. The van der Waals surface area contributed by atoms with Gasteiger partial charge in [0.1, 0.15) is 5.82 Å². The van der Waals surface area contributed by atoms with E-state index in [0.717, 1.165) is 31.7 Å². The molecule has 1 aliphatic heterocycles. The number of anilines is 1. The maximum Gasteiger partial charge on any atom is 0.128 e. The second kappa shape index (κ2) is 3.81. The molecule has 0 aliphatic carbocycles. The van der Waals surface area contributed by atoms with E-state index >= 15 is 0 Å². The molecule has 1 aromatic rings. The van der Waals surface area contributed by atoms with Crippen LogP contribution < -0.4 is 10.6 Å². The minimum atomic E-state index is 0.0280. The van der Waals surface area contributed by atoms with Gasteiger partial charge in [-0.2, -0.15) is 0 Å². The molecule has 0 saturated carbocycles. The van der Waals surface area contributed by atoms with Crippen LogP contribution in [0.4, 0.5) is 5.82 Å². The molecule has 15 heavy (non-hydrogen) atoms. The minimum Gasteiger partial charge on any atom is -0.353 e. The van der Waals surface area contributed by atoms with E-state index in [0.29, 0.717) is 0 Å². The predicted octanol–water partition coefficient (Wildman–Crippen LogP) is 1.71. The molecule has 3 nitrogen and oxygen atoms in total. The molecule has 1 fully saturated rings. The lowest BCUT2D eigenvalue weighted by Gasteiger charge is -2.48. The van der Waals surface area contributed by atoms with Crippen molar-refractivity contribution in [3.8, 4) is 0 Å². The fourth-order valence-electron chi connectivity index (χ4n) is 2.23. The van der Waals surface area contributed by atoms with Crippen molar-refractivity contribution in [2.45, 2.75) is 32.2 Å². The summed E-state index contributed by atoms with van der Waals surface area (Å²) in [6.07, 6.45) is 4.13. The number of nitrogens with two attached hydrogens (primary N) is 1. The van der Waals surface area contributed by atoms with Crippen molar-refractivity contribution in [3.63, 3.8) is 0 Å². The lowest BCUT2D eigenvalue weighted by Crippen LogP contribution is -2.67. The zero-order valence-electron chi connectivity index (χ0n) is 9.53. The van der Waals surface area contributed by atoms with Crippen LogP contribution in [0.1, 0.15) is 25.3 Å². The van der Waals surface area contributed by atoms with Gasteiger partial charge in [-0.25, -0.2) is 4.98 Å². The van der Waals surface area contributed by atoms with E-state index in [1.54, 1.807) is 0 Å². The monoisotopic (exact) mass is 205 g/mol. The molecule has 0 bridgehead atoms. The molecule has 0 amide bonds. The normalized spacial score (nSPS) is 18.7. The van der Waals surface area contributed by atoms with E-state index in [1.807, 2.05) is 12.3 Å². The van der Waals surface area contributed by atoms with Crippen LogP contribution >= 0.6 is 0 Å². The summed E-state index contributed by atoms with van der Waals surface area (Å²) in [6.45, 7) is 6.16. The predicted molar refractivity (Wildman–Crippen MR) is 63.0 cm³/mol. The van der Waals surface area contributed by atoms with Crippen molar-refractivity contribution < 1.29 is 0 Å². The molecular weight excluding hydrogens is 186 g/mol. The van der Waals surface area contributed by atoms with Crippen LogP contribution in [-0.2, 0) is 0 Å². The molecule has 0 aromatic carbocycles. The lowest BCUT2D eigenvalue weighted by atomic mass is 9.86. The van der Waals surface area contributed by atoms with E-state index in [1.165, 1.54) is 5.56 Å². The first-order chi connectivity index (χ1) is 7.13. The van der Waals surface area contributed by atoms with E-state index < -0.39 is 0 Å². The molecule has 2 heterocycles. The Hall–Kier alpha value is -1.09. The van der Waals surface area contributed by atoms with Gasteiger partial charge in [-0.1, -0.05) is 13.3 Å². The third-order valence-electron chi connectivity index (χ3n) is 2.98. The lowest BCUT2D eigenvalue weighted by molar-refractivity contribution is 0.306. The van der Waals surface area contributed by atoms with E-state index in [-0.39, 0.29) is 5.54 Å². The summed E-state index contributed by atoms with van der Waals surface area (Å²) in [7, 11) is 0. The van der Waals surface area contributed by atoms with Crippen LogP contribution in [0.5, 0.6) is 0 Å². The molecule has 3 heteroatoms. The average Bonchev–Trinajstić information content (AvgIpc) is 2.14. The highest BCUT2D eigenvalue weighted by atomic mass is 15.3. The first-order valence-electron chi connectivity index (χ1n) is 5.59. The molecule has 0 unspecified atom stereocenters. The largest absolute Gasteiger partial charge is 0.353 e. The van der Waals surface area contributed by atoms with Crippen LogP contribution in [0.2, 0.25) is 0 Å². The molecule has 1 aromatic heterocycles. The fourth-order valence-corrected chi connectivity index (χ4v) is 2.23. The van der Waals surface area contributed by atoms with Gasteiger partial charge in [0.2, 0.25) is 0 Å². The van der Waals surface area contributed by atoms with E-state index in [4.69, 9.17) is 5.73 Å². The Morgan fingerprint density at radius 3 is 2.87 bits per heavy atom. The summed E-state index contributed by atoms with van der Waals surface area (Å²) in [6, 6.07) is 4.14. The van der Waals surface area contributed by atoms with Gasteiger partial charge in [-0.05, 0) is 31.0 Å². The van der Waals surface area contributed by atoms with Crippen molar-refractivity contribution in [1.29, 1.82) is 0 Å². The van der Waals surface area contributed by atoms with Crippen molar-refractivity contribution in [2.24, 2.45) is 5.73 Å². The Morgan fingerprint density at radius 1 is 1.53 bits per heavy atom. The molecule has 0 atom stereocenters. The summed E-state index contributed by atoms with van der Waals surface area (Å²) >= 11 is 0. The van der Waals surface area contributed by atoms with Crippen LogP contribution in [-0.4, -0.2) is 23.6 Å². The maximum atomic E-state index is 6.21. The summed E-state index contributed by atoms with van der Waals surface area (Å²) in [4.78, 5) is 6.61. The quantitative estimate of drug-likeness (QED) is 0.816. The third-order valence-corrected chi connectivity index (χ3v) is 2.98. The second-order valence-electron chi connectivity index (χ2n) is 4.66. The number of nitrogens with zero attached hydrogens (tertiary/aromatic N) is 2. The summed E-state index contributed by atoms with van der Waals surface area (Å²) in [5, 5.41) is 0. The highest BCUT2D eigenvalue weighted by Gasteiger charge is 2.38. The van der Waals surface area contributed by atoms with E-state index in [9.17, 15) is 0 Å². The van der Waals surface area contributed by atoms with Gasteiger partial charge in [0.15, 0.2) is 0 Å². The molecule has 1 saturated heterocycles. The zero-order valence-corrected chi connectivity index (χ0v) is 9.53. The number of pyridine rings is 1. The zero-order chi connectivity index (χ0) is 10.9. The number of hydrogen-bond donors (Lipinski definition) is 1. The van der Waals surface area contributed by atoms with Crippen molar-refractivity contribution in [1.82, 2.24) is 4.98 Å². The number of aromatic nitrogens is 1. The first-order valence-corrected chi connectivity index (χ1v) is 5.59. The van der Waals surface area contributed by atoms with Gasteiger partial charge in [0, 0.05) is 19.3 Å². The van der Waals surface area contributed by atoms with Gasteiger partial charge in [0.05, 0.1) is 5.54 Å². The molecule has 82 valence electrons. The summed E-state index contributed by atoms with van der Waals surface area (Å²) in [5.41, 5.74) is 7.49. The van der Waals surface area contributed by atoms with Gasteiger partial charge >= 0.3 is 0 Å². The SMILES string of the molecule is CCCC1(N)CN(c2cc(C)ccn2)C1. The van der Waals surface area contributed by atoms with Crippen LogP contribution in [0.3, 0.4) is 0 Å². The minimum absolute atomic E-state index is 0.0280. The molecule has 0 radical (unpaired) electrons. The van der Waals surface area contributed by atoms with Crippen molar-refractivity contribution >= 4 is 5.82 Å². The summed E-state index contributed by atoms with van der Waals surface area (Å²) < 4.78 is 0. The average molecular weight is 205 g/mol. The maximum absolute atomic E-state index is 6.21. The molecule has 2 N–H and O–H groups in total. The van der Waals surface area contributed by atoms with Gasteiger partial charge in [-0.3, -0.25) is 0 Å². The molecule has 1 aliphatic rings. The van der Waals surface area contributed by atoms with Crippen LogP contribution in [0.25, 0.3) is 0 Å². The Balaban J connectivity index is 2.00. The molecular formula is C12H19N3. The van der Waals surface area contributed by atoms with Crippen LogP contribution in [0, 0.1) is 6.92 Å².